The van der Waals surface area contributed by atoms with E-state index in [2.05, 4.69) is 23.5 Å². The third kappa shape index (κ3) is 4.58. The SMILES string of the molecule is COCCNCCC(C)(O)Cc1ccc2c(c1)CCC2. The number of nitrogens with one attached hydrogen (secondary N) is 1. The van der Waals surface area contributed by atoms with Crippen molar-refractivity contribution in [2.75, 3.05) is 26.8 Å². The zero-order valence-electron chi connectivity index (χ0n) is 12.7. The molecule has 3 nitrogen and oxygen atoms in total. The number of aryl methyl sites for hydroxylation is 2. The van der Waals surface area contributed by atoms with E-state index in [1.54, 1.807) is 7.11 Å². The van der Waals surface area contributed by atoms with E-state index < -0.39 is 5.60 Å². The van der Waals surface area contributed by atoms with Crippen molar-refractivity contribution in [3.63, 3.8) is 0 Å². The summed E-state index contributed by atoms with van der Waals surface area (Å²) in [5.74, 6) is 0. The Balaban J connectivity index is 1.81. The summed E-state index contributed by atoms with van der Waals surface area (Å²) in [6.07, 6.45) is 5.18. The van der Waals surface area contributed by atoms with Gasteiger partial charge in [0.1, 0.15) is 0 Å². The molecule has 0 aliphatic heterocycles. The van der Waals surface area contributed by atoms with Crippen LogP contribution in [0, 0.1) is 0 Å². The predicted molar refractivity (Wildman–Crippen MR) is 82.2 cm³/mol. The molecule has 0 aromatic heterocycles. The zero-order valence-corrected chi connectivity index (χ0v) is 12.7. The van der Waals surface area contributed by atoms with E-state index in [4.69, 9.17) is 4.74 Å². The van der Waals surface area contributed by atoms with Crippen molar-refractivity contribution >= 4 is 0 Å². The van der Waals surface area contributed by atoms with Gasteiger partial charge in [-0.25, -0.2) is 0 Å². The number of rotatable bonds is 8. The van der Waals surface area contributed by atoms with Crippen molar-refractivity contribution in [2.45, 2.75) is 44.6 Å². The topological polar surface area (TPSA) is 41.5 Å². The van der Waals surface area contributed by atoms with E-state index in [1.165, 1.54) is 36.0 Å². The normalized spacial score (nSPS) is 16.9. The fraction of sp³-hybridized carbons (Fsp3) is 0.647. The number of ether oxygens (including phenoxy) is 1. The van der Waals surface area contributed by atoms with Gasteiger partial charge >= 0.3 is 0 Å². The quantitative estimate of drug-likeness (QED) is 0.715. The van der Waals surface area contributed by atoms with Gasteiger partial charge in [-0.05, 0) is 55.8 Å². The molecule has 0 amide bonds. The van der Waals surface area contributed by atoms with Crippen LogP contribution in [0.4, 0.5) is 0 Å². The van der Waals surface area contributed by atoms with Crippen molar-refractivity contribution < 1.29 is 9.84 Å². The molecule has 2 rings (SSSR count). The van der Waals surface area contributed by atoms with Gasteiger partial charge in [0.05, 0.1) is 12.2 Å². The van der Waals surface area contributed by atoms with Crippen LogP contribution in [0.1, 0.15) is 36.5 Å². The van der Waals surface area contributed by atoms with Gasteiger partial charge in [-0.1, -0.05) is 18.2 Å². The van der Waals surface area contributed by atoms with Gasteiger partial charge in [-0.3, -0.25) is 0 Å². The zero-order chi connectivity index (χ0) is 14.4. The van der Waals surface area contributed by atoms with E-state index in [-0.39, 0.29) is 0 Å². The minimum atomic E-state index is -0.646. The molecule has 1 aromatic carbocycles. The second-order valence-corrected chi connectivity index (χ2v) is 6.12. The summed E-state index contributed by atoms with van der Waals surface area (Å²) < 4.78 is 4.99. The van der Waals surface area contributed by atoms with Crippen LogP contribution in [-0.4, -0.2) is 37.5 Å². The molecule has 112 valence electrons. The van der Waals surface area contributed by atoms with Crippen LogP contribution in [0.5, 0.6) is 0 Å². The third-order valence-electron chi connectivity index (χ3n) is 4.07. The summed E-state index contributed by atoms with van der Waals surface area (Å²) in [4.78, 5) is 0. The molecule has 0 radical (unpaired) electrons. The van der Waals surface area contributed by atoms with Gasteiger partial charge < -0.3 is 15.2 Å². The van der Waals surface area contributed by atoms with Crippen LogP contribution in [-0.2, 0) is 24.0 Å². The maximum Gasteiger partial charge on any atom is 0.0672 e. The van der Waals surface area contributed by atoms with Gasteiger partial charge in [-0.2, -0.15) is 0 Å². The number of hydrogen-bond donors (Lipinski definition) is 2. The first kappa shape index (κ1) is 15.5. The van der Waals surface area contributed by atoms with Crippen LogP contribution in [0.15, 0.2) is 18.2 Å². The molecule has 2 N–H and O–H groups in total. The third-order valence-corrected chi connectivity index (χ3v) is 4.07. The second-order valence-electron chi connectivity index (χ2n) is 6.12. The van der Waals surface area contributed by atoms with Gasteiger partial charge in [-0.15, -0.1) is 0 Å². The summed E-state index contributed by atoms with van der Waals surface area (Å²) in [7, 11) is 1.70. The molecule has 3 heteroatoms. The molecule has 1 aliphatic rings. The van der Waals surface area contributed by atoms with Crippen molar-refractivity contribution in [1.82, 2.24) is 5.32 Å². The van der Waals surface area contributed by atoms with Gasteiger partial charge in [0.15, 0.2) is 0 Å². The Morgan fingerprint density at radius 1 is 1.25 bits per heavy atom. The van der Waals surface area contributed by atoms with E-state index in [0.29, 0.717) is 6.61 Å². The number of methoxy groups -OCH3 is 1. The number of fused-ring (bicyclic) bond motifs is 1. The molecule has 0 bridgehead atoms. The fourth-order valence-electron chi connectivity index (χ4n) is 2.92. The Bertz CT molecular complexity index is 429. The van der Waals surface area contributed by atoms with Crippen molar-refractivity contribution in [1.29, 1.82) is 0 Å². The Labute approximate surface area is 122 Å². The first-order valence-electron chi connectivity index (χ1n) is 7.63. The number of benzene rings is 1. The van der Waals surface area contributed by atoms with Crippen molar-refractivity contribution in [3.05, 3.63) is 34.9 Å². The van der Waals surface area contributed by atoms with Crippen LogP contribution in [0.2, 0.25) is 0 Å². The first-order chi connectivity index (χ1) is 9.61. The average Bonchev–Trinajstić information content (AvgIpc) is 2.85. The molecule has 0 heterocycles. The highest BCUT2D eigenvalue weighted by Gasteiger charge is 2.21. The average molecular weight is 277 g/mol. The van der Waals surface area contributed by atoms with Gasteiger partial charge in [0.25, 0.3) is 0 Å². The van der Waals surface area contributed by atoms with Crippen LogP contribution >= 0.6 is 0 Å². The molecule has 1 aromatic rings. The molecule has 20 heavy (non-hydrogen) atoms. The molecule has 1 aliphatic carbocycles. The highest BCUT2D eigenvalue weighted by Crippen LogP contribution is 2.25. The monoisotopic (exact) mass is 277 g/mol. The summed E-state index contributed by atoms with van der Waals surface area (Å²) in [6, 6.07) is 6.71. The summed E-state index contributed by atoms with van der Waals surface area (Å²) in [5.41, 5.74) is 3.59. The lowest BCUT2D eigenvalue weighted by atomic mass is 9.92. The molecule has 1 unspecified atom stereocenters. The van der Waals surface area contributed by atoms with E-state index in [0.717, 1.165) is 25.9 Å². The molecule has 0 saturated heterocycles. The molecule has 0 saturated carbocycles. The smallest absolute Gasteiger partial charge is 0.0672 e. The van der Waals surface area contributed by atoms with Crippen LogP contribution < -0.4 is 5.32 Å². The van der Waals surface area contributed by atoms with Crippen LogP contribution in [0.3, 0.4) is 0 Å². The highest BCUT2D eigenvalue weighted by molar-refractivity contribution is 5.35. The van der Waals surface area contributed by atoms with E-state index >= 15 is 0 Å². The Morgan fingerprint density at radius 2 is 2.05 bits per heavy atom. The largest absolute Gasteiger partial charge is 0.390 e. The lowest BCUT2D eigenvalue weighted by Gasteiger charge is -2.24. The molecule has 0 spiro atoms. The lowest BCUT2D eigenvalue weighted by Crippen LogP contribution is -2.33. The van der Waals surface area contributed by atoms with E-state index in [1.807, 2.05) is 6.92 Å². The minimum absolute atomic E-state index is 0.646. The Morgan fingerprint density at radius 3 is 2.85 bits per heavy atom. The summed E-state index contributed by atoms with van der Waals surface area (Å²) >= 11 is 0. The lowest BCUT2D eigenvalue weighted by molar-refractivity contribution is 0.0510. The van der Waals surface area contributed by atoms with Crippen molar-refractivity contribution in [2.24, 2.45) is 0 Å². The Hall–Kier alpha value is -0.900. The van der Waals surface area contributed by atoms with Gasteiger partial charge in [0, 0.05) is 20.1 Å². The number of aliphatic hydroxyl groups is 1. The minimum Gasteiger partial charge on any atom is -0.390 e. The fourth-order valence-corrected chi connectivity index (χ4v) is 2.92. The first-order valence-corrected chi connectivity index (χ1v) is 7.63. The summed E-state index contributed by atoms with van der Waals surface area (Å²) in [5, 5.41) is 13.8. The second kappa shape index (κ2) is 7.21. The number of hydrogen-bond acceptors (Lipinski definition) is 3. The molecule has 0 fully saturated rings. The molecular weight excluding hydrogens is 250 g/mol. The van der Waals surface area contributed by atoms with Gasteiger partial charge in [0.2, 0.25) is 0 Å². The summed E-state index contributed by atoms with van der Waals surface area (Å²) in [6.45, 7) is 4.30. The molecular formula is C17H27NO2. The predicted octanol–water partition coefficient (Wildman–Crippen LogP) is 2.09. The maximum absolute atomic E-state index is 10.5. The van der Waals surface area contributed by atoms with E-state index in [9.17, 15) is 5.11 Å². The standard InChI is InChI=1S/C17H27NO2/c1-17(19,8-9-18-10-11-20-2)13-14-6-7-15-4-3-5-16(15)12-14/h6-7,12,18-19H,3-5,8-11,13H2,1-2H3. The maximum atomic E-state index is 10.5. The van der Waals surface area contributed by atoms with Crippen LogP contribution in [0.25, 0.3) is 0 Å². The highest BCUT2D eigenvalue weighted by atomic mass is 16.5. The van der Waals surface area contributed by atoms with Crippen molar-refractivity contribution in [3.8, 4) is 0 Å². The Kier molecular flexibility index (Phi) is 5.58. The molecule has 1 atom stereocenters.